The van der Waals surface area contributed by atoms with Crippen molar-refractivity contribution in [2.45, 2.75) is 12.6 Å². The predicted octanol–water partition coefficient (Wildman–Crippen LogP) is 1.89. The molecular weight excluding hydrogens is 223 g/mol. The van der Waals surface area contributed by atoms with Gasteiger partial charge in [-0.25, -0.2) is 9.18 Å². The lowest BCUT2D eigenvalue weighted by Crippen LogP contribution is -2.20. The number of aromatic nitrogens is 1. The van der Waals surface area contributed by atoms with Crippen LogP contribution in [-0.4, -0.2) is 23.3 Å². The van der Waals surface area contributed by atoms with Gasteiger partial charge in [0.25, 0.3) is 0 Å². The van der Waals surface area contributed by atoms with Crippen LogP contribution in [0.25, 0.3) is 10.9 Å². The Morgan fingerprint density at radius 2 is 2.35 bits per heavy atom. The van der Waals surface area contributed by atoms with Crippen LogP contribution in [-0.2, 0) is 11.3 Å². The second-order valence-corrected chi connectivity index (χ2v) is 4.08. The average Bonchev–Trinajstić information content (AvgIpc) is 2.87. The number of hydrogen-bond donors (Lipinski definition) is 1. The second kappa shape index (κ2) is 3.76. The monoisotopic (exact) mass is 234 g/mol. The number of nitrogens with one attached hydrogen (secondary N) is 1. The van der Waals surface area contributed by atoms with Crippen molar-refractivity contribution in [3.63, 3.8) is 0 Å². The van der Waals surface area contributed by atoms with Crippen molar-refractivity contribution in [1.29, 1.82) is 0 Å². The van der Waals surface area contributed by atoms with E-state index in [0.29, 0.717) is 13.1 Å². The summed E-state index contributed by atoms with van der Waals surface area (Å²) in [6, 6.07) is 6.57. The van der Waals surface area contributed by atoms with E-state index in [1.54, 1.807) is 6.07 Å². The Bertz CT molecular complexity index is 579. The fourth-order valence-corrected chi connectivity index (χ4v) is 2.07. The minimum Gasteiger partial charge on any atom is -0.442 e. The van der Waals surface area contributed by atoms with E-state index in [0.717, 1.165) is 10.9 Å². The van der Waals surface area contributed by atoms with Gasteiger partial charge in [-0.15, -0.1) is 0 Å². The molecule has 1 aliphatic rings. The number of alkyl carbamates (subject to hydrolysis) is 1. The van der Waals surface area contributed by atoms with Gasteiger partial charge >= 0.3 is 6.09 Å². The Kier molecular flexibility index (Phi) is 2.24. The lowest BCUT2D eigenvalue weighted by atomic mass is 10.2. The van der Waals surface area contributed by atoms with Crippen LogP contribution in [0, 0.1) is 5.82 Å². The van der Waals surface area contributed by atoms with E-state index < -0.39 is 6.09 Å². The molecule has 3 rings (SSSR count). The summed E-state index contributed by atoms with van der Waals surface area (Å²) in [4.78, 5) is 10.9. The van der Waals surface area contributed by atoms with Crippen LogP contribution in [0.2, 0.25) is 0 Å². The fraction of sp³-hybridized carbons (Fsp3) is 0.250. The SMILES string of the molecule is O=C1NCC(Cn2ccc3ccc(F)cc32)O1. The van der Waals surface area contributed by atoms with Gasteiger partial charge in [0.05, 0.1) is 18.6 Å². The first-order valence-electron chi connectivity index (χ1n) is 5.41. The molecule has 2 heterocycles. The molecule has 0 saturated carbocycles. The van der Waals surface area contributed by atoms with E-state index in [9.17, 15) is 9.18 Å². The van der Waals surface area contributed by atoms with Crippen molar-refractivity contribution in [1.82, 2.24) is 9.88 Å². The number of carbonyl (C=O) groups is 1. The van der Waals surface area contributed by atoms with Gasteiger partial charge in [-0.05, 0) is 29.7 Å². The molecule has 1 aromatic heterocycles. The molecular formula is C12H11FN2O2. The first-order chi connectivity index (χ1) is 8.22. The van der Waals surface area contributed by atoms with Crippen molar-refractivity contribution in [3.8, 4) is 0 Å². The summed E-state index contributed by atoms with van der Waals surface area (Å²) in [5, 5.41) is 3.57. The smallest absolute Gasteiger partial charge is 0.407 e. The van der Waals surface area contributed by atoms with Gasteiger partial charge in [-0.3, -0.25) is 0 Å². The van der Waals surface area contributed by atoms with Crippen LogP contribution in [0.3, 0.4) is 0 Å². The Morgan fingerprint density at radius 1 is 1.47 bits per heavy atom. The zero-order valence-corrected chi connectivity index (χ0v) is 9.02. The van der Waals surface area contributed by atoms with Gasteiger partial charge < -0.3 is 14.6 Å². The van der Waals surface area contributed by atoms with Crippen LogP contribution in [0.1, 0.15) is 0 Å². The molecule has 1 aromatic carbocycles. The zero-order chi connectivity index (χ0) is 11.8. The van der Waals surface area contributed by atoms with Crippen LogP contribution in [0.15, 0.2) is 30.5 Å². The Hall–Kier alpha value is -2.04. The third-order valence-corrected chi connectivity index (χ3v) is 2.88. The highest BCUT2D eigenvalue weighted by molar-refractivity contribution is 5.80. The van der Waals surface area contributed by atoms with E-state index in [-0.39, 0.29) is 11.9 Å². The van der Waals surface area contributed by atoms with Gasteiger partial charge in [0, 0.05) is 6.20 Å². The molecule has 1 amide bonds. The lowest BCUT2D eigenvalue weighted by molar-refractivity contribution is 0.131. The third kappa shape index (κ3) is 1.84. The number of carbonyl (C=O) groups excluding carboxylic acids is 1. The number of cyclic esters (lactones) is 1. The van der Waals surface area contributed by atoms with Crippen molar-refractivity contribution in [3.05, 3.63) is 36.3 Å². The van der Waals surface area contributed by atoms with Crippen LogP contribution in [0.5, 0.6) is 0 Å². The molecule has 1 fully saturated rings. The summed E-state index contributed by atoms with van der Waals surface area (Å²) in [7, 11) is 0. The second-order valence-electron chi connectivity index (χ2n) is 4.08. The van der Waals surface area contributed by atoms with E-state index in [1.807, 2.05) is 16.8 Å². The molecule has 2 aromatic rings. The van der Waals surface area contributed by atoms with Crippen LogP contribution in [0.4, 0.5) is 9.18 Å². The summed E-state index contributed by atoms with van der Waals surface area (Å²) in [6.07, 6.45) is 1.29. The summed E-state index contributed by atoms with van der Waals surface area (Å²) in [5.74, 6) is -0.265. The van der Waals surface area contributed by atoms with E-state index in [2.05, 4.69) is 5.32 Å². The van der Waals surface area contributed by atoms with Crippen molar-refractivity contribution in [2.75, 3.05) is 6.54 Å². The summed E-state index contributed by atoms with van der Waals surface area (Å²) in [6.45, 7) is 1.03. The highest BCUT2D eigenvalue weighted by Gasteiger charge is 2.22. The predicted molar refractivity (Wildman–Crippen MR) is 60.2 cm³/mol. The Labute approximate surface area is 97.0 Å². The lowest BCUT2D eigenvalue weighted by Gasteiger charge is -2.10. The standard InChI is InChI=1S/C12H11FN2O2/c13-9-2-1-8-3-4-15(11(8)5-9)7-10-6-14-12(16)17-10/h1-5,10H,6-7H2,(H,14,16). The van der Waals surface area contributed by atoms with Gasteiger partial charge in [-0.1, -0.05) is 0 Å². The number of fused-ring (bicyclic) bond motifs is 1. The number of halogens is 1. The van der Waals surface area contributed by atoms with Crippen molar-refractivity contribution in [2.24, 2.45) is 0 Å². The molecule has 0 radical (unpaired) electrons. The Balaban J connectivity index is 1.90. The highest BCUT2D eigenvalue weighted by Crippen LogP contribution is 2.18. The highest BCUT2D eigenvalue weighted by atomic mass is 19.1. The molecule has 17 heavy (non-hydrogen) atoms. The van der Waals surface area contributed by atoms with Gasteiger partial charge in [0.15, 0.2) is 0 Å². The molecule has 4 nitrogen and oxygen atoms in total. The number of amides is 1. The van der Waals surface area contributed by atoms with Crippen LogP contribution < -0.4 is 5.32 Å². The van der Waals surface area contributed by atoms with Gasteiger partial charge in [0.1, 0.15) is 11.9 Å². The van der Waals surface area contributed by atoms with Crippen molar-refractivity contribution >= 4 is 17.0 Å². The first kappa shape index (κ1) is 10.1. The molecule has 1 unspecified atom stereocenters. The van der Waals surface area contributed by atoms with E-state index >= 15 is 0 Å². The van der Waals surface area contributed by atoms with Gasteiger partial charge in [-0.2, -0.15) is 0 Å². The zero-order valence-electron chi connectivity index (χ0n) is 9.02. The molecule has 0 aliphatic carbocycles. The molecule has 1 saturated heterocycles. The minimum atomic E-state index is -0.391. The minimum absolute atomic E-state index is 0.193. The third-order valence-electron chi connectivity index (χ3n) is 2.88. The fourth-order valence-electron chi connectivity index (χ4n) is 2.07. The molecule has 5 heteroatoms. The number of rotatable bonds is 2. The molecule has 88 valence electrons. The average molecular weight is 234 g/mol. The van der Waals surface area contributed by atoms with Gasteiger partial charge in [0.2, 0.25) is 0 Å². The topological polar surface area (TPSA) is 43.3 Å². The molecule has 1 atom stereocenters. The number of hydrogen-bond acceptors (Lipinski definition) is 2. The first-order valence-corrected chi connectivity index (χ1v) is 5.41. The quantitative estimate of drug-likeness (QED) is 0.862. The maximum Gasteiger partial charge on any atom is 0.407 e. The molecule has 1 aliphatic heterocycles. The maximum atomic E-state index is 13.2. The van der Waals surface area contributed by atoms with E-state index in [4.69, 9.17) is 4.74 Å². The number of nitrogens with zero attached hydrogens (tertiary/aromatic N) is 1. The van der Waals surface area contributed by atoms with Crippen molar-refractivity contribution < 1.29 is 13.9 Å². The van der Waals surface area contributed by atoms with E-state index in [1.165, 1.54) is 12.1 Å². The molecule has 0 spiro atoms. The summed E-state index contributed by atoms with van der Waals surface area (Å²) < 4.78 is 20.1. The number of benzene rings is 1. The van der Waals surface area contributed by atoms with Crippen LogP contribution >= 0.6 is 0 Å². The normalized spacial score (nSPS) is 19.4. The molecule has 1 N–H and O–H groups in total. The Morgan fingerprint density at radius 3 is 3.12 bits per heavy atom. The number of ether oxygens (including phenoxy) is 1. The maximum absolute atomic E-state index is 13.2. The summed E-state index contributed by atoms with van der Waals surface area (Å²) in [5.41, 5.74) is 0.813. The summed E-state index contributed by atoms with van der Waals surface area (Å²) >= 11 is 0. The molecule has 0 bridgehead atoms. The largest absolute Gasteiger partial charge is 0.442 e.